The van der Waals surface area contributed by atoms with Gasteiger partial charge in [0.1, 0.15) is 6.61 Å². The van der Waals surface area contributed by atoms with Crippen LogP contribution in [0.1, 0.15) is 19.8 Å². The highest BCUT2D eigenvalue weighted by molar-refractivity contribution is 5.27. The highest BCUT2D eigenvalue weighted by Crippen LogP contribution is 2.06. The molecule has 0 amide bonds. The largest absolute Gasteiger partial charge is 0.364 e. The quantitative estimate of drug-likeness (QED) is 0.334. The summed E-state index contributed by atoms with van der Waals surface area (Å²) in [4.78, 5) is 22.9. The van der Waals surface area contributed by atoms with Gasteiger partial charge in [0.15, 0.2) is 5.34 Å². The van der Waals surface area contributed by atoms with E-state index in [0.29, 0.717) is 6.61 Å². The van der Waals surface area contributed by atoms with Crippen molar-refractivity contribution in [2.24, 2.45) is 5.34 Å². The van der Waals surface area contributed by atoms with Gasteiger partial charge in [-0.3, -0.25) is 10.1 Å². The molecule has 1 aromatic carbocycles. The number of hydrogen-bond donors (Lipinski definition) is 0. The average molecular weight is 226 g/mol. The summed E-state index contributed by atoms with van der Waals surface area (Å²) in [7, 11) is 0. The molecule has 0 saturated heterocycles. The molecule has 88 valence electrons. The molecule has 0 aliphatic heterocycles. The van der Waals surface area contributed by atoms with E-state index in [1.807, 2.05) is 6.92 Å². The first kappa shape index (κ1) is 14.0. The van der Waals surface area contributed by atoms with E-state index in [-0.39, 0.29) is 5.69 Å². The minimum absolute atomic E-state index is 0.137. The number of para-hydroxylation sites is 1. The van der Waals surface area contributed by atoms with Crippen LogP contribution < -0.4 is 0 Å². The lowest BCUT2D eigenvalue weighted by molar-refractivity contribution is -0.384. The SMILES string of the molecule is CCCCON=O.O=[N+]([O-])c1ccccc1. The minimum Gasteiger partial charge on any atom is -0.364 e. The first-order valence-electron chi connectivity index (χ1n) is 4.86. The molecule has 6 nitrogen and oxygen atoms in total. The van der Waals surface area contributed by atoms with Gasteiger partial charge in [0, 0.05) is 12.1 Å². The number of benzene rings is 1. The summed E-state index contributed by atoms with van der Waals surface area (Å²) in [5.41, 5.74) is 0.137. The van der Waals surface area contributed by atoms with Crippen LogP contribution in [0.3, 0.4) is 0 Å². The topological polar surface area (TPSA) is 81.8 Å². The molecule has 1 aromatic rings. The summed E-state index contributed by atoms with van der Waals surface area (Å²) in [6, 6.07) is 7.93. The molecular weight excluding hydrogens is 212 g/mol. The van der Waals surface area contributed by atoms with Gasteiger partial charge >= 0.3 is 0 Å². The summed E-state index contributed by atoms with van der Waals surface area (Å²) >= 11 is 0. The van der Waals surface area contributed by atoms with Crippen molar-refractivity contribution in [2.75, 3.05) is 6.61 Å². The van der Waals surface area contributed by atoms with Crippen LogP contribution in [0.4, 0.5) is 5.69 Å². The van der Waals surface area contributed by atoms with Gasteiger partial charge in [-0.05, 0) is 6.42 Å². The van der Waals surface area contributed by atoms with E-state index in [0.717, 1.165) is 12.8 Å². The number of non-ortho nitro benzene ring substituents is 1. The van der Waals surface area contributed by atoms with E-state index in [1.54, 1.807) is 18.2 Å². The Morgan fingerprint density at radius 3 is 2.38 bits per heavy atom. The van der Waals surface area contributed by atoms with Crippen molar-refractivity contribution in [3.63, 3.8) is 0 Å². The highest BCUT2D eigenvalue weighted by atomic mass is 16.7. The third kappa shape index (κ3) is 7.43. The predicted octanol–water partition coefficient (Wildman–Crippen LogP) is 3.08. The van der Waals surface area contributed by atoms with Crippen molar-refractivity contribution in [3.05, 3.63) is 45.4 Å². The van der Waals surface area contributed by atoms with E-state index < -0.39 is 4.92 Å². The van der Waals surface area contributed by atoms with Gasteiger partial charge in [0.05, 0.1) is 4.92 Å². The molecule has 0 radical (unpaired) electrons. The number of rotatable bonds is 5. The van der Waals surface area contributed by atoms with Gasteiger partial charge in [-0.15, -0.1) is 4.91 Å². The van der Waals surface area contributed by atoms with E-state index in [2.05, 4.69) is 10.2 Å². The Kier molecular flexibility index (Phi) is 8.39. The molecule has 0 fully saturated rings. The van der Waals surface area contributed by atoms with E-state index >= 15 is 0 Å². The van der Waals surface area contributed by atoms with Crippen molar-refractivity contribution in [1.82, 2.24) is 0 Å². The fraction of sp³-hybridized carbons (Fsp3) is 0.400. The van der Waals surface area contributed by atoms with E-state index in [1.165, 1.54) is 12.1 Å². The molecule has 0 atom stereocenters. The first-order chi connectivity index (χ1) is 7.72. The van der Waals surface area contributed by atoms with Crippen LogP contribution in [-0.2, 0) is 4.84 Å². The maximum atomic E-state index is 10.0. The van der Waals surface area contributed by atoms with Gasteiger partial charge in [-0.25, -0.2) is 0 Å². The van der Waals surface area contributed by atoms with Crippen molar-refractivity contribution in [1.29, 1.82) is 0 Å². The van der Waals surface area contributed by atoms with Crippen LogP contribution in [0.5, 0.6) is 0 Å². The van der Waals surface area contributed by atoms with Gasteiger partial charge in [-0.1, -0.05) is 31.5 Å². The third-order valence-corrected chi connectivity index (χ3v) is 1.61. The lowest BCUT2D eigenvalue weighted by Gasteiger charge is -1.88. The van der Waals surface area contributed by atoms with Crippen molar-refractivity contribution in [3.8, 4) is 0 Å². The Hall–Kier alpha value is -1.98. The minimum atomic E-state index is -0.417. The van der Waals surface area contributed by atoms with E-state index in [9.17, 15) is 15.0 Å². The number of unbranched alkanes of at least 4 members (excludes halogenated alkanes) is 1. The smallest absolute Gasteiger partial charge is 0.269 e. The van der Waals surface area contributed by atoms with Gasteiger partial charge in [-0.2, -0.15) is 0 Å². The lowest BCUT2D eigenvalue weighted by Crippen LogP contribution is -1.84. The molecule has 0 aliphatic rings. The Balaban J connectivity index is 0.000000293. The average Bonchev–Trinajstić information content (AvgIpc) is 2.32. The fourth-order valence-corrected chi connectivity index (χ4v) is 0.796. The van der Waals surface area contributed by atoms with Gasteiger partial charge in [0.2, 0.25) is 0 Å². The zero-order valence-corrected chi connectivity index (χ0v) is 9.04. The van der Waals surface area contributed by atoms with Crippen molar-refractivity contribution >= 4 is 5.69 Å². The summed E-state index contributed by atoms with van der Waals surface area (Å²) in [6.07, 6.45) is 1.95. The molecule has 0 heterocycles. The van der Waals surface area contributed by atoms with Crippen LogP contribution in [0.15, 0.2) is 35.7 Å². The number of nitro groups is 1. The number of nitrogens with zero attached hydrogens (tertiary/aromatic N) is 2. The molecule has 16 heavy (non-hydrogen) atoms. The van der Waals surface area contributed by atoms with Gasteiger partial charge < -0.3 is 4.84 Å². The number of nitro benzene ring substituents is 1. The molecule has 0 spiro atoms. The highest BCUT2D eigenvalue weighted by Gasteiger charge is 1.98. The molecule has 1 rings (SSSR count). The maximum Gasteiger partial charge on any atom is 0.269 e. The fourth-order valence-electron chi connectivity index (χ4n) is 0.796. The molecule has 6 heteroatoms. The van der Waals surface area contributed by atoms with E-state index in [4.69, 9.17) is 0 Å². The lowest BCUT2D eigenvalue weighted by atomic mass is 10.3. The van der Waals surface area contributed by atoms with Gasteiger partial charge in [0.25, 0.3) is 5.69 Å². The van der Waals surface area contributed by atoms with Crippen LogP contribution in [0.2, 0.25) is 0 Å². The summed E-state index contributed by atoms with van der Waals surface area (Å²) in [5.74, 6) is 0. The molecule has 0 bridgehead atoms. The van der Waals surface area contributed by atoms with Crippen LogP contribution in [-0.4, -0.2) is 11.5 Å². The Labute approximate surface area is 93.3 Å². The molecule has 0 N–H and O–H groups in total. The Bertz CT molecular complexity index is 303. The number of hydrogen-bond acceptors (Lipinski definition) is 5. The Morgan fingerprint density at radius 2 is 2.00 bits per heavy atom. The monoisotopic (exact) mass is 226 g/mol. The zero-order valence-electron chi connectivity index (χ0n) is 9.04. The summed E-state index contributed by atoms with van der Waals surface area (Å²) in [6.45, 7) is 2.48. The third-order valence-electron chi connectivity index (χ3n) is 1.61. The maximum absolute atomic E-state index is 10.0. The standard InChI is InChI=1S/C6H5NO2.C4H9NO2/c8-7(9)6-4-2-1-3-5-6;1-2-3-4-7-5-6/h1-5H;2-4H2,1H3. The van der Waals surface area contributed by atoms with Crippen molar-refractivity contribution in [2.45, 2.75) is 19.8 Å². The van der Waals surface area contributed by atoms with Crippen LogP contribution in [0.25, 0.3) is 0 Å². The predicted molar refractivity (Wildman–Crippen MR) is 59.8 cm³/mol. The molecular formula is C10H14N2O4. The van der Waals surface area contributed by atoms with Crippen LogP contribution in [0, 0.1) is 15.0 Å². The summed E-state index contributed by atoms with van der Waals surface area (Å²) in [5, 5.41) is 12.2. The molecule has 0 aromatic heterocycles. The molecule has 0 unspecified atom stereocenters. The first-order valence-corrected chi connectivity index (χ1v) is 4.86. The second-order valence-electron chi connectivity index (χ2n) is 2.85. The second-order valence-corrected chi connectivity index (χ2v) is 2.85. The normalized spacial score (nSPS) is 8.56. The van der Waals surface area contributed by atoms with Crippen molar-refractivity contribution < 1.29 is 9.76 Å². The Morgan fingerprint density at radius 1 is 1.38 bits per heavy atom. The second kappa shape index (κ2) is 9.57. The molecule has 0 aliphatic carbocycles. The summed E-state index contributed by atoms with van der Waals surface area (Å²) < 4.78 is 0. The van der Waals surface area contributed by atoms with Crippen LogP contribution >= 0.6 is 0 Å². The molecule has 0 saturated carbocycles. The zero-order chi connectivity index (χ0) is 12.2.